The van der Waals surface area contributed by atoms with Gasteiger partial charge in [-0.15, -0.1) is 5.10 Å². The van der Waals surface area contributed by atoms with Gasteiger partial charge in [0.1, 0.15) is 4.88 Å². The standard InChI is InChI=1S/C19H21N5O2S/c1-12-6-3-4-8-15(12)18-20-16(26-22-18)10-14-7-5-9-24(11-14)19(25)17-13(2)21-23-27-17/h3-4,6,8,14H,5,7,9-11H2,1-2H3/t14-/m0/s1. The first kappa shape index (κ1) is 17.8. The summed E-state index contributed by atoms with van der Waals surface area (Å²) in [6.07, 6.45) is 2.70. The molecule has 140 valence electrons. The Morgan fingerprint density at radius 3 is 2.96 bits per heavy atom. The van der Waals surface area contributed by atoms with Crippen molar-refractivity contribution in [2.75, 3.05) is 13.1 Å². The van der Waals surface area contributed by atoms with E-state index in [2.05, 4.69) is 19.7 Å². The number of amides is 1. The van der Waals surface area contributed by atoms with Gasteiger partial charge in [-0.25, -0.2) is 0 Å². The Kier molecular flexibility index (Phi) is 4.98. The molecule has 1 aliphatic rings. The second kappa shape index (κ2) is 7.56. The molecule has 8 heteroatoms. The average molecular weight is 383 g/mol. The minimum Gasteiger partial charge on any atom is -0.339 e. The lowest BCUT2D eigenvalue weighted by atomic mass is 9.94. The first-order valence-electron chi connectivity index (χ1n) is 9.08. The molecule has 1 aliphatic heterocycles. The molecule has 4 rings (SSSR count). The molecule has 2 aromatic heterocycles. The van der Waals surface area contributed by atoms with Crippen molar-refractivity contribution >= 4 is 17.4 Å². The molecular weight excluding hydrogens is 362 g/mol. The van der Waals surface area contributed by atoms with Crippen LogP contribution < -0.4 is 0 Å². The van der Waals surface area contributed by atoms with Crippen molar-refractivity contribution in [3.63, 3.8) is 0 Å². The third kappa shape index (κ3) is 3.75. The lowest BCUT2D eigenvalue weighted by Gasteiger charge is -2.31. The molecule has 0 bridgehead atoms. The van der Waals surface area contributed by atoms with Gasteiger partial charge in [-0.05, 0) is 49.7 Å². The van der Waals surface area contributed by atoms with Crippen LogP contribution in [0, 0.1) is 19.8 Å². The summed E-state index contributed by atoms with van der Waals surface area (Å²) in [6.45, 7) is 5.32. The Balaban J connectivity index is 1.44. The van der Waals surface area contributed by atoms with E-state index in [0.29, 0.717) is 41.2 Å². The molecule has 7 nitrogen and oxygen atoms in total. The average Bonchev–Trinajstić information content (AvgIpc) is 3.31. The van der Waals surface area contributed by atoms with E-state index in [0.717, 1.165) is 30.5 Å². The van der Waals surface area contributed by atoms with E-state index in [1.807, 2.05) is 43.0 Å². The van der Waals surface area contributed by atoms with E-state index in [9.17, 15) is 4.79 Å². The van der Waals surface area contributed by atoms with Gasteiger partial charge in [-0.3, -0.25) is 4.79 Å². The zero-order chi connectivity index (χ0) is 18.8. The van der Waals surface area contributed by atoms with Crippen LogP contribution in [0.1, 0.15) is 39.7 Å². The molecule has 3 aromatic rings. The van der Waals surface area contributed by atoms with Crippen molar-refractivity contribution in [2.24, 2.45) is 5.92 Å². The van der Waals surface area contributed by atoms with E-state index < -0.39 is 0 Å². The maximum Gasteiger partial charge on any atom is 0.267 e. The molecule has 27 heavy (non-hydrogen) atoms. The van der Waals surface area contributed by atoms with E-state index in [1.54, 1.807) is 0 Å². The van der Waals surface area contributed by atoms with E-state index in [4.69, 9.17) is 4.52 Å². The van der Waals surface area contributed by atoms with Crippen molar-refractivity contribution in [3.8, 4) is 11.4 Å². The maximum absolute atomic E-state index is 12.7. The number of likely N-dealkylation sites (tertiary alicyclic amines) is 1. The van der Waals surface area contributed by atoms with Crippen LogP contribution >= 0.6 is 11.5 Å². The number of aryl methyl sites for hydroxylation is 2. The van der Waals surface area contributed by atoms with Crippen LogP contribution in [0.2, 0.25) is 0 Å². The Bertz CT molecular complexity index is 951. The summed E-state index contributed by atoms with van der Waals surface area (Å²) in [4.78, 5) is 19.8. The van der Waals surface area contributed by atoms with E-state index in [1.165, 1.54) is 11.5 Å². The van der Waals surface area contributed by atoms with Crippen molar-refractivity contribution in [1.82, 2.24) is 24.6 Å². The van der Waals surface area contributed by atoms with Crippen molar-refractivity contribution in [3.05, 3.63) is 46.3 Å². The summed E-state index contributed by atoms with van der Waals surface area (Å²) in [7, 11) is 0. The maximum atomic E-state index is 12.7. The predicted molar refractivity (Wildman–Crippen MR) is 101 cm³/mol. The van der Waals surface area contributed by atoms with Crippen LogP contribution in [0.3, 0.4) is 0 Å². The van der Waals surface area contributed by atoms with Gasteiger partial charge in [-0.1, -0.05) is 33.9 Å². The fraction of sp³-hybridized carbons (Fsp3) is 0.421. The van der Waals surface area contributed by atoms with Crippen LogP contribution in [-0.4, -0.2) is 43.6 Å². The number of rotatable bonds is 4. The molecule has 1 aromatic carbocycles. The number of nitrogens with zero attached hydrogens (tertiary/aromatic N) is 5. The number of piperidine rings is 1. The SMILES string of the molecule is Cc1ccccc1-c1noc(C[C@@H]2CCCN(C(=O)c3snnc3C)C2)n1. The Hall–Kier alpha value is -2.61. The third-order valence-electron chi connectivity index (χ3n) is 4.97. The highest BCUT2D eigenvalue weighted by Gasteiger charge is 2.28. The van der Waals surface area contributed by atoms with Crippen molar-refractivity contribution < 1.29 is 9.32 Å². The first-order valence-corrected chi connectivity index (χ1v) is 9.86. The monoisotopic (exact) mass is 383 g/mol. The number of carbonyl (C=O) groups excluding carboxylic acids is 1. The topological polar surface area (TPSA) is 85.0 Å². The molecule has 0 unspecified atom stereocenters. The van der Waals surface area contributed by atoms with Gasteiger partial charge >= 0.3 is 0 Å². The zero-order valence-electron chi connectivity index (χ0n) is 15.4. The molecular formula is C19H21N5O2S. The van der Waals surface area contributed by atoms with Crippen LogP contribution in [0.5, 0.6) is 0 Å². The molecule has 3 heterocycles. The highest BCUT2D eigenvalue weighted by atomic mass is 32.1. The predicted octanol–water partition coefficient (Wildman–Crippen LogP) is 3.30. The lowest BCUT2D eigenvalue weighted by Crippen LogP contribution is -2.40. The largest absolute Gasteiger partial charge is 0.339 e. The normalized spacial score (nSPS) is 17.3. The summed E-state index contributed by atoms with van der Waals surface area (Å²) in [6, 6.07) is 8.00. The van der Waals surface area contributed by atoms with Gasteiger partial charge in [0.2, 0.25) is 11.7 Å². The smallest absolute Gasteiger partial charge is 0.267 e. The van der Waals surface area contributed by atoms with Crippen LogP contribution in [0.15, 0.2) is 28.8 Å². The van der Waals surface area contributed by atoms with Gasteiger partial charge in [0.05, 0.1) is 5.69 Å². The fourth-order valence-corrected chi connectivity index (χ4v) is 4.13. The Morgan fingerprint density at radius 2 is 2.19 bits per heavy atom. The van der Waals surface area contributed by atoms with E-state index in [-0.39, 0.29) is 5.91 Å². The second-order valence-corrected chi connectivity index (χ2v) is 7.73. The highest BCUT2D eigenvalue weighted by Crippen LogP contribution is 2.25. The number of hydrogen-bond acceptors (Lipinski definition) is 7. The Morgan fingerprint density at radius 1 is 1.33 bits per heavy atom. The molecule has 1 fully saturated rings. The van der Waals surface area contributed by atoms with E-state index >= 15 is 0 Å². The molecule has 0 radical (unpaired) electrons. The fourth-order valence-electron chi connectivity index (χ4n) is 3.51. The molecule has 0 N–H and O–H groups in total. The quantitative estimate of drug-likeness (QED) is 0.687. The van der Waals surface area contributed by atoms with Crippen molar-refractivity contribution in [1.29, 1.82) is 0 Å². The molecule has 0 saturated carbocycles. The number of benzene rings is 1. The Labute approximate surface area is 161 Å². The molecule has 0 spiro atoms. The lowest BCUT2D eigenvalue weighted by molar-refractivity contribution is 0.0672. The number of carbonyl (C=O) groups is 1. The summed E-state index contributed by atoms with van der Waals surface area (Å²) < 4.78 is 9.36. The number of hydrogen-bond donors (Lipinski definition) is 0. The summed E-state index contributed by atoms with van der Waals surface area (Å²) in [5, 5.41) is 8.08. The van der Waals surface area contributed by atoms with Gasteiger partial charge in [0.15, 0.2) is 0 Å². The molecule has 1 amide bonds. The summed E-state index contributed by atoms with van der Waals surface area (Å²) >= 11 is 1.17. The second-order valence-electron chi connectivity index (χ2n) is 6.98. The first-order chi connectivity index (χ1) is 13.1. The zero-order valence-corrected chi connectivity index (χ0v) is 16.2. The van der Waals surface area contributed by atoms with Gasteiger partial charge in [0.25, 0.3) is 5.91 Å². The third-order valence-corrected chi connectivity index (χ3v) is 5.79. The summed E-state index contributed by atoms with van der Waals surface area (Å²) in [5.74, 6) is 1.59. The van der Waals surface area contributed by atoms with Gasteiger partial charge in [-0.2, -0.15) is 4.98 Å². The van der Waals surface area contributed by atoms with Gasteiger partial charge in [0, 0.05) is 25.1 Å². The minimum atomic E-state index is 0.0262. The molecule has 0 aliphatic carbocycles. The minimum absolute atomic E-state index is 0.0262. The highest BCUT2D eigenvalue weighted by molar-refractivity contribution is 7.07. The van der Waals surface area contributed by atoms with Crippen LogP contribution in [0.25, 0.3) is 11.4 Å². The van der Waals surface area contributed by atoms with Crippen LogP contribution in [-0.2, 0) is 6.42 Å². The number of aromatic nitrogens is 4. The molecule has 1 saturated heterocycles. The van der Waals surface area contributed by atoms with Gasteiger partial charge < -0.3 is 9.42 Å². The van der Waals surface area contributed by atoms with Crippen molar-refractivity contribution in [2.45, 2.75) is 33.1 Å². The summed E-state index contributed by atoms with van der Waals surface area (Å²) in [5.41, 5.74) is 2.81. The van der Waals surface area contributed by atoms with Crippen LogP contribution in [0.4, 0.5) is 0 Å². The molecule has 1 atom stereocenters.